The van der Waals surface area contributed by atoms with Crippen LogP contribution in [0.5, 0.6) is 0 Å². The number of carbonyl (C=O) groups excluding carboxylic acids is 1. The Kier molecular flexibility index (Phi) is 4.02. The molecular formula is C17H14N6O3. The third-order valence-corrected chi connectivity index (χ3v) is 3.63. The molecular weight excluding hydrogens is 336 g/mol. The summed E-state index contributed by atoms with van der Waals surface area (Å²) in [4.78, 5) is 16.1. The molecule has 4 rings (SSSR count). The molecule has 0 atom stereocenters. The second-order valence-electron chi connectivity index (χ2n) is 5.45. The van der Waals surface area contributed by atoms with Gasteiger partial charge in [0.15, 0.2) is 17.3 Å². The zero-order valence-electron chi connectivity index (χ0n) is 13.8. The Morgan fingerprint density at radius 1 is 1.31 bits per heavy atom. The second kappa shape index (κ2) is 6.63. The maximum Gasteiger partial charge on any atom is 0.261 e. The Hall–Kier alpha value is -3.75. The van der Waals surface area contributed by atoms with E-state index < -0.39 is 0 Å². The van der Waals surface area contributed by atoms with E-state index in [9.17, 15) is 4.79 Å². The van der Waals surface area contributed by atoms with Crippen molar-refractivity contribution in [3.63, 3.8) is 0 Å². The fourth-order valence-electron chi connectivity index (χ4n) is 2.43. The summed E-state index contributed by atoms with van der Waals surface area (Å²) >= 11 is 0. The minimum absolute atomic E-state index is 0.217. The van der Waals surface area contributed by atoms with E-state index in [0.29, 0.717) is 34.5 Å². The van der Waals surface area contributed by atoms with E-state index in [1.807, 2.05) is 18.3 Å². The fourth-order valence-corrected chi connectivity index (χ4v) is 2.43. The van der Waals surface area contributed by atoms with E-state index in [-0.39, 0.29) is 12.5 Å². The van der Waals surface area contributed by atoms with Crippen molar-refractivity contribution in [2.45, 2.75) is 13.5 Å². The van der Waals surface area contributed by atoms with Crippen LogP contribution in [0.15, 0.2) is 51.7 Å². The van der Waals surface area contributed by atoms with Crippen molar-refractivity contribution in [2.24, 2.45) is 0 Å². The van der Waals surface area contributed by atoms with Crippen LogP contribution in [0.4, 0.5) is 0 Å². The van der Waals surface area contributed by atoms with Crippen LogP contribution in [-0.4, -0.2) is 30.6 Å². The fraction of sp³-hybridized carbons (Fsp3) is 0.118. The number of hydrogen-bond donors (Lipinski definition) is 1. The lowest BCUT2D eigenvalue weighted by molar-refractivity contribution is -0.116. The normalized spacial score (nSPS) is 11.4. The molecule has 26 heavy (non-hydrogen) atoms. The van der Waals surface area contributed by atoms with Crippen LogP contribution in [0.3, 0.4) is 0 Å². The summed E-state index contributed by atoms with van der Waals surface area (Å²) in [5.74, 6) is 1.84. The molecule has 0 spiro atoms. The van der Waals surface area contributed by atoms with Crippen molar-refractivity contribution in [2.75, 3.05) is 0 Å². The lowest BCUT2D eigenvalue weighted by Gasteiger charge is -2.02. The first-order chi connectivity index (χ1) is 12.7. The van der Waals surface area contributed by atoms with E-state index >= 15 is 0 Å². The number of amides is 1. The van der Waals surface area contributed by atoms with E-state index in [4.69, 9.17) is 8.94 Å². The molecule has 0 aliphatic heterocycles. The molecule has 0 saturated heterocycles. The molecule has 0 radical (unpaired) electrons. The number of hydrogen-bond acceptors (Lipinski definition) is 7. The highest BCUT2D eigenvalue weighted by molar-refractivity contribution is 5.91. The Balaban J connectivity index is 1.52. The van der Waals surface area contributed by atoms with Gasteiger partial charge < -0.3 is 14.3 Å². The number of carbonyl (C=O) groups is 1. The topological polar surface area (TPSA) is 111 Å². The number of nitrogens with zero attached hydrogens (tertiary/aromatic N) is 5. The standard InChI is InChI=1S/C17H14N6O3/c1-11-19-17(26-22-11)13-5-2-8-23-14(20-21-16(13)23)10-18-15(24)7-6-12-4-3-9-25-12/h2-9H,10H2,1H3,(H,18,24)/b7-6+. The molecule has 4 heterocycles. The van der Waals surface area contributed by atoms with E-state index in [2.05, 4.69) is 25.7 Å². The summed E-state index contributed by atoms with van der Waals surface area (Å²) in [7, 11) is 0. The van der Waals surface area contributed by atoms with Crippen molar-refractivity contribution in [1.29, 1.82) is 0 Å². The highest BCUT2D eigenvalue weighted by atomic mass is 16.5. The molecule has 1 N–H and O–H groups in total. The van der Waals surface area contributed by atoms with Gasteiger partial charge in [-0.05, 0) is 37.3 Å². The predicted octanol–water partition coefficient (Wildman–Crippen LogP) is 2.01. The highest BCUT2D eigenvalue weighted by Gasteiger charge is 2.15. The molecule has 0 saturated carbocycles. The van der Waals surface area contributed by atoms with Crippen molar-refractivity contribution >= 4 is 17.6 Å². The van der Waals surface area contributed by atoms with Gasteiger partial charge in [-0.3, -0.25) is 9.20 Å². The number of furan rings is 1. The van der Waals surface area contributed by atoms with Crippen LogP contribution in [0.2, 0.25) is 0 Å². The van der Waals surface area contributed by atoms with Crippen molar-refractivity contribution < 1.29 is 13.7 Å². The van der Waals surface area contributed by atoms with Gasteiger partial charge in [0, 0.05) is 12.3 Å². The summed E-state index contributed by atoms with van der Waals surface area (Å²) in [6.07, 6.45) is 6.34. The molecule has 9 nitrogen and oxygen atoms in total. The van der Waals surface area contributed by atoms with Crippen LogP contribution in [0, 0.1) is 6.92 Å². The van der Waals surface area contributed by atoms with Crippen molar-refractivity contribution in [1.82, 2.24) is 30.1 Å². The molecule has 0 aliphatic carbocycles. The smallest absolute Gasteiger partial charge is 0.261 e. The molecule has 4 aromatic rings. The average Bonchev–Trinajstić information content (AvgIpc) is 3.38. The maximum absolute atomic E-state index is 11.9. The quantitative estimate of drug-likeness (QED) is 0.548. The van der Waals surface area contributed by atoms with Crippen LogP contribution < -0.4 is 5.32 Å². The minimum atomic E-state index is -0.262. The van der Waals surface area contributed by atoms with Gasteiger partial charge in [0.2, 0.25) is 5.91 Å². The summed E-state index contributed by atoms with van der Waals surface area (Å²) in [5, 5.41) is 14.9. The van der Waals surface area contributed by atoms with Gasteiger partial charge in [-0.1, -0.05) is 5.16 Å². The highest BCUT2D eigenvalue weighted by Crippen LogP contribution is 2.21. The minimum Gasteiger partial charge on any atom is -0.465 e. The summed E-state index contributed by atoms with van der Waals surface area (Å²) in [6, 6.07) is 7.16. The number of fused-ring (bicyclic) bond motifs is 1. The van der Waals surface area contributed by atoms with Crippen LogP contribution in [0.25, 0.3) is 23.2 Å². The van der Waals surface area contributed by atoms with Gasteiger partial charge in [-0.15, -0.1) is 10.2 Å². The first-order valence-corrected chi connectivity index (χ1v) is 7.83. The zero-order chi connectivity index (χ0) is 17.9. The number of aryl methyl sites for hydroxylation is 1. The molecule has 0 bridgehead atoms. The number of aromatic nitrogens is 5. The summed E-state index contributed by atoms with van der Waals surface area (Å²) in [6.45, 7) is 1.96. The van der Waals surface area contributed by atoms with Crippen molar-refractivity contribution in [3.8, 4) is 11.5 Å². The van der Waals surface area contributed by atoms with Crippen molar-refractivity contribution in [3.05, 3.63) is 60.2 Å². The van der Waals surface area contributed by atoms with Gasteiger partial charge in [0.1, 0.15) is 5.76 Å². The molecule has 0 aromatic carbocycles. The third-order valence-electron chi connectivity index (χ3n) is 3.63. The lowest BCUT2D eigenvalue weighted by Crippen LogP contribution is -2.21. The molecule has 130 valence electrons. The van der Waals surface area contributed by atoms with Gasteiger partial charge in [0.05, 0.1) is 18.4 Å². The molecule has 0 fully saturated rings. The monoisotopic (exact) mass is 350 g/mol. The molecule has 9 heteroatoms. The predicted molar refractivity (Wildman–Crippen MR) is 90.6 cm³/mol. The van der Waals surface area contributed by atoms with E-state index in [0.717, 1.165) is 0 Å². The Bertz CT molecular complexity index is 1080. The summed E-state index contributed by atoms with van der Waals surface area (Å²) in [5.41, 5.74) is 1.25. The SMILES string of the molecule is Cc1noc(-c2cccn3c(CNC(=O)/C=C/c4ccco4)nnc23)n1. The second-order valence-corrected chi connectivity index (χ2v) is 5.45. The number of pyridine rings is 1. The number of rotatable bonds is 5. The van der Waals surface area contributed by atoms with E-state index in [1.165, 1.54) is 6.08 Å². The lowest BCUT2D eigenvalue weighted by atomic mass is 10.2. The van der Waals surface area contributed by atoms with Gasteiger partial charge >= 0.3 is 0 Å². The summed E-state index contributed by atoms with van der Waals surface area (Å²) < 4.78 is 12.1. The maximum atomic E-state index is 11.9. The largest absolute Gasteiger partial charge is 0.465 e. The Morgan fingerprint density at radius 3 is 3.00 bits per heavy atom. The molecule has 4 aromatic heterocycles. The molecule has 0 unspecified atom stereocenters. The van der Waals surface area contributed by atoms with Gasteiger partial charge in [0.25, 0.3) is 5.89 Å². The third kappa shape index (κ3) is 3.09. The average molecular weight is 350 g/mol. The Labute approximate surface area is 147 Å². The first kappa shape index (κ1) is 15.8. The molecule has 1 amide bonds. The molecule has 0 aliphatic rings. The first-order valence-electron chi connectivity index (χ1n) is 7.83. The zero-order valence-corrected chi connectivity index (χ0v) is 13.8. The van der Waals surface area contributed by atoms with Crippen LogP contribution in [0.1, 0.15) is 17.4 Å². The van der Waals surface area contributed by atoms with Crippen LogP contribution in [-0.2, 0) is 11.3 Å². The van der Waals surface area contributed by atoms with Gasteiger partial charge in [-0.25, -0.2) is 0 Å². The van der Waals surface area contributed by atoms with Gasteiger partial charge in [-0.2, -0.15) is 4.98 Å². The van der Waals surface area contributed by atoms with E-state index in [1.54, 1.807) is 35.8 Å². The van der Waals surface area contributed by atoms with Crippen LogP contribution >= 0.6 is 0 Å². The Morgan fingerprint density at radius 2 is 2.23 bits per heavy atom. The number of nitrogens with one attached hydrogen (secondary N) is 1.